The Kier molecular flexibility index (Phi) is 8.78. The van der Waals surface area contributed by atoms with Gasteiger partial charge in [0.15, 0.2) is 0 Å². The number of carbonyl (C=O) groups is 1. The Morgan fingerprint density at radius 3 is 2.17 bits per heavy atom. The number of nitrogens with one attached hydrogen (secondary N) is 1. The largest absolute Gasteiger partial charge is 0.292 e. The van der Waals surface area contributed by atoms with Crippen molar-refractivity contribution >= 4 is 11.5 Å². The number of rotatable bonds is 9. The molecule has 0 aliphatic heterocycles. The average Bonchev–Trinajstić information content (AvgIpc) is 2.24. The van der Waals surface area contributed by atoms with Crippen LogP contribution in [-0.2, 0) is 4.79 Å². The molecule has 0 bridgehead atoms. The maximum atomic E-state index is 12.1. The topological polar surface area (TPSA) is 31.0 Å². The van der Waals surface area contributed by atoms with Crippen LogP contribution in [0.15, 0.2) is 0 Å². The first-order valence-electron chi connectivity index (χ1n) is 7.24. The molecule has 1 atom stereocenters. The van der Waals surface area contributed by atoms with Gasteiger partial charge in [0, 0.05) is 26.2 Å². The van der Waals surface area contributed by atoms with E-state index in [0.717, 1.165) is 18.6 Å². The van der Waals surface area contributed by atoms with Gasteiger partial charge in [-0.1, -0.05) is 13.8 Å². The molecule has 0 amide bonds. The van der Waals surface area contributed by atoms with E-state index in [4.69, 9.17) is 0 Å². The fourth-order valence-corrected chi connectivity index (χ4v) is 2.04. The standard InChI is InChI=1S/C16H30NO/c1-12(2)10-8-7-9-11-15(17-14(5)6)16(18)13(3)4/h13,15H,7-11H2,1-6H3/q+1/p+1. The fraction of sp³-hybridized carbons (Fsp3) is 0.812. The van der Waals surface area contributed by atoms with Gasteiger partial charge in [-0.15, -0.1) is 0 Å². The summed E-state index contributed by atoms with van der Waals surface area (Å²) in [5, 5.41) is 0. The highest BCUT2D eigenvalue weighted by atomic mass is 16.1. The Morgan fingerprint density at radius 2 is 1.72 bits per heavy atom. The van der Waals surface area contributed by atoms with E-state index in [1.54, 1.807) is 0 Å². The lowest BCUT2D eigenvalue weighted by Crippen LogP contribution is -2.81. The van der Waals surface area contributed by atoms with E-state index < -0.39 is 0 Å². The van der Waals surface area contributed by atoms with Gasteiger partial charge in [-0.25, -0.2) is 4.99 Å². The Balaban J connectivity index is 4.11. The molecular formula is C16H31NO+2. The van der Waals surface area contributed by atoms with Crippen molar-refractivity contribution in [3.8, 4) is 0 Å². The fourth-order valence-electron chi connectivity index (χ4n) is 2.04. The Labute approximate surface area is 113 Å². The predicted octanol–water partition coefficient (Wildman–Crippen LogP) is 2.71. The minimum atomic E-state index is 0.0155. The van der Waals surface area contributed by atoms with E-state index in [2.05, 4.69) is 18.8 Å². The van der Waals surface area contributed by atoms with Crippen LogP contribution in [0.5, 0.6) is 0 Å². The Morgan fingerprint density at radius 1 is 1.11 bits per heavy atom. The Hall–Kier alpha value is -0.790. The van der Waals surface area contributed by atoms with Crippen LogP contribution >= 0.6 is 0 Å². The molecule has 0 heterocycles. The van der Waals surface area contributed by atoms with Crippen LogP contribution < -0.4 is 4.99 Å². The molecule has 0 saturated heterocycles. The zero-order valence-electron chi connectivity index (χ0n) is 13.1. The van der Waals surface area contributed by atoms with Crippen LogP contribution in [0.25, 0.3) is 0 Å². The molecule has 0 radical (unpaired) electrons. The smallest absolute Gasteiger partial charge is 0.208 e. The molecule has 0 rings (SSSR count). The second-order valence-electron chi connectivity index (χ2n) is 6.06. The van der Waals surface area contributed by atoms with Crippen molar-refractivity contribution < 1.29 is 9.79 Å². The average molecular weight is 253 g/mol. The quantitative estimate of drug-likeness (QED) is 0.382. The van der Waals surface area contributed by atoms with Crippen molar-refractivity contribution in [3.05, 3.63) is 5.92 Å². The highest BCUT2D eigenvalue weighted by Crippen LogP contribution is 2.12. The molecule has 2 nitrogen and oxygen atoms in total. The van der Waals surface area contributed by atoms with Crippen LogP contribution in [0.3, 0.4) is 0 Å². The maximum absolute atomic E-state index is 12.1. The summed E-state index contributed by atoms with van der Waals surface area (Å²) in [6, 6.07) is 0.0155. The molecule has 0 fully saturated rings. The van der Waals surface area contributed by atoms with E-state index in [1.807, 2.05) is 27.7 Å². The molecule has 0 aromatic rings. The third kappa shape index (κ3) is 8.32. The summed E-state index contributed by atoms with van der Waals surface area (Å²) in [5.41, 5.74) is 1.13. The first kappa shape index (κ1) is 17.2. The number of hydrogen-bond donors (Lipinski definition) is 1. The summed E-state index contributed by atoms with van der Waals surface area (Å²) in [6.45, 7) is 12.4. The van der Waals surface area contributed by atoms with Crippen LogP contribution in [-0.4, -0.2) is 17.5 Å². The number of Topliss-reactive ketones (excluding diaryl/α,β-unsaturated/α-hetero) is 1. The van der Waals surface area contributed by atoms with Gasteiger partial charge in [-0.3, -0.25) is 4.79 Å². The zero-order valence-corrected chi connectivity index (χ0v) is 13.1. The van der Waals surface area contributed by atoms with Crippen molar-refractivity contribution in [2.75, 3.05) is 0 Å². The molecule has 0 aromatic carbocycles. The van der Waals surface area contributed by atoms with E-state index in [0.29, 0.717) is 5.78 Å². The lowest BCUT2D eigenvalue weighted by Gasteiger charge is -2.10. The lowest BCUT2D eigenvalue weighted by molar-refractivity contribution is -0.489. The number of carbonyl (C=O) groups excluding carboxylic acids is 1. The van der Waals surface area contributed by atoms with Crippen LogP contribution in [0.4, 0.5) is 0 Å². The summed E-state index contributed by atoms with van der Waals surface area (Å²) in [6.07, 6.45) is 5.79. The number of unbranched alkanes of at least 4 members (excludes halogenated alkanes) is 2. The highest BCUT2D eigenvalue weighted by molar-refractivity contribution is 5.85. The first-order chi connectivity index (χ1) is 8.34. The van der Waals surface area contributed by atoms with Crippen molar-refractivity contribution in [3.63, 3.8) is 0 Å². The SMILES string of the molecule is CC(C)=[NH+]C(CCCCC[C+](C)C)C(=O)C(C)C. The minimum absolute atomic E-state index is 0.0155. The number of hydrogen-bond acceptors (Lipinski definition) is 1. The van der Waals surface area contributed by atoms with Crippen LogP contribution in [0.2, 0.25) is 0 Å². The number of ketones is 1. The van der Waals surface area contributed by atoms with Gasteiger partial charge in [-0.05, 0) is 19.3 Å². The predicted molar refractivity (Wildman–Crippen MR) is 78.6 cm³/mol. The molecule has 0 aromatic heterocycles. The third-order valence-electron chi connectivity index (χ3n) is 3.04. The van der Waals surface area contributed by atoms with Crippen molar-refractivity contribution in [2.24, 2.45) is 5.92 Å². The van der Waals surface area contributed by atoms with Gasteiger partial charge in [-0.2, -0.15) is 0 Å². The van der Waals surface area contributed by atoms with Crippen molar-refractivity contribution in [1.82, 2.24) is 0 Å². The van der Waals surface area contributed by atoms with Crippen molar-refractivity contribution in [2.45, 2.75) is 79.7 Å². The molecule has 104 valence electrons. The summed E-state index contributed by atoms with van der Waals surface area (Å²) in [4.78, 5) is 15.4. The van der Waals surface area contributed by atoms with Gasteiger partial charge in [0.05, 0.1) is 26.2 Å². The summed E-state index contributed by atoms with van der Waals surface area (Å²) >= 11 is 0. The van der Waals surface area contributed by atoms with E-state index in [1.165, 1.54) is 25.2 Å². The summed E-state index contributed by atoms with van der Waals surface area (Å²) < 4.78 is 0. The van der Waals surface area contributed by atoms with Gasteiger partial charge in [0.1, 0.15) is 5.71 Å². The summed E-state index contributed by atoms with van der Waals surface area (Å²) in [7, 11) is 0. The van der Waals surface area contributed by atoms with Gasteiger partial charge >= 0.3 is 0 Å². The monoisotopic (exact) mass is 253 g/mol. The lowest BCUT2D eigenvalue weighted by atomic mass is 9.96. The molecule has 0 aliphatic rings. The second-order valence-corrected chi connectivity index (χ2v) is 6.06. The molecule has 0 saturated carbocycles. The van der Waals surface area contributed by atoms with E-state index in [-0.39, 0.29) is 12.0 Å². The van der Waals surface area contributed by atoms with Crippen molar-refractivity contribution in [1.29, 1.82) is 0 Å². The minimum Gasteiger partial charge on any atom is -0.292 e. The van der Waals surface area contributed by atoms with Gasteiger partial charge in [0.25, 0.3) is 0 Å². The Bertz CT molecular complexity index is 262. The van der Waals surface area contributed by atoms with Gasteiger partial charge in [0.2, 0.25) is 11.8 Å². The normalized spacial score (nSPS) is 12.4. The second kappa shape index (κ2) is 9.18. The van der Waals surface area contributed by atoms with Gasteiger partial charge < -0.3 is 0 Å². The third-order valence-corrected chi connectivity index (χ3v) is 3.04. The molecule has 1 unspecified atom stereocenters. The maximum Gasteiger partial charge on any atom is 0.208 e. The van der Waals surface area contributed by atoms with E-state index in [9.17, 15) is 4.79 Å². The molecule has 18 heavy (non-hydrogen) atoms. The molecule has 0 aliphatic carbocycles. The zero-order chi connectivity index (χ0) is 14.1. The van der Waals surface area contributed by atoms with Crippen LogP contribution in [0, 0.1) is 11.8 Å². The highest BCUT2D eigenvalue weighted by Gasteiger charge is 2.24. The molecular weight excluding hydrogens is 222 g/mol. The van der Waals surface area contributed by atoms with E-state index >= 15 is 0 Å². The van der Waals surface area contributed by atoms with Crippen LogP contribution in [0.1, 0.15) is 73.6 Å². The molecule has 2 heteroatoms. The summed E-state index contributed by atoms with van der Waals surface area (Å²) in [5.74, 6) is 1.96. The first-order valence-corrected chi connectivity index (χ1v) is 7.24. The molecule has 1 N–H and O–H groups in total. The molecule has 0 spiro atoms.